The van der Waals surface area contributed by atoms with Gasteiger partial charge in [-0.3, -0.25) is 4.79 Å². The van der Waals surface area contributed by atoms with Crippen LogP contribution in [0, 0.1) is 0 Å². The van der Waals surface area contributed by atoms with E-state index in [2.05, 4.69) is 5.32 Å². The predicted octanol–water partition coefficient (Wildman–Crippen LogP) is 6.05. The number of sulfone groups is 1. The number of aliphatic imine (C=N–C) groups is 1. The molecule has 2 aliphatic rings. The van der Waals surface area contributed by atoms with Crippen LogP contribution in [0.1, 0.15) is 62.2 Å². The van der Waals surface area contributed by atoms with Gasteiger partial charge in [0.05, 0.1) is 22.9 Å². The standard InChI is InChI=1S/C40H44N2O7S/c43-26-10-27-48-34-21-19-33(20-22-34)37-42-40(25-28-50(46,47)35-13-6-2-7-14-35,38(44)41-29-39(45)23-8-3-9-24-39)36(49-37)32-17-15-31(16-18-32)30-11-4-1-5-12-30/h1-2,4-7,11-22,36,43,45H,3,8-10,23-29H2,(H,41,44)/t36-,40-/m1/s1. The lowest BCUT2D eigenvalue weighted by Crippen LogP contribution is -2.53. The number of aliphatic hydroxyl groups excluding tert-OH is 1. The molecule has 0 bridgehead atoms. The van der Waals surface area contributed by atoms with E-state index in [-0.39, 0.29) is 36.1 Å². The highest BCUT2D eigenvalue weighted by molar-refractivity contribution is 7.91. The number of hydrogen-bond donors (Lipinski definition) is 3. The molecular weight excluding hydrogens is 653 g/mol. The first-order valence-electron chi connectivity index (χ1n) is 17.3. The van der Waals surface area contributed by atoms with Gasteiger partial charge in [0, 0.05) is 31.6 Å². The molecule has 0 saturated heterocycles. The van der Waals surface area contributed by atoms with Crippen LogP contribution in [-0.2, 0) is 19.4 Å². The lowest BCUT2D eigenvalue weighted by atomic mass is 9.82. The molecular formula is C40H44N2O7S. The molecule has 2 atom stereocenters. The van der Waals surface area contributed by atoms with E-state index in [4.69, 9.17) is 19.6 Å². The first-order chi connectivity index (χ1) is 24.2. The minimum absolute atomic E-state index is 0.0258. The molecule has 1 amide bonds. The van der Waals surface area contributed by atoms with Gasteiger partial charge in [-0.1, -0.05) is 92.1 Å². The molecule has 4 aromatic carbocycles. The highest BCUT2D eigenvalue weighted by Crippen LogP contribution is 2.44. The van der Waals surface area contributed by atoms with Crippen molar-refractivity contribution >= 4 is 21.6 Å². The van der Waals surface area contributed by atoms with Crippen LogP contribution in [0.2, 0.25) is 0 Å². The van der Waals surface area contributed by atoms with Gasteiger partial charge in [0.1, 0.15) is 5.75 Å². The van der Waals surface area contributed by atoms with Crippen molar-refractivity contribution in [3.8, 4) is 16.9 Å². The van der Waals surface area contributed by atoms with Gasteiger partial charge in [-0.05, 0) is 65.9 Å². The summed E-state index contributed by atoms with van der Waals surface area (Å²) in [5.41, 5.74) is 0.547. The number of hydrogen-bond acceptors (Lipinski definition) is 8. The Labute approximate surface area is 293 Å². The van der Waals surface area contributed by atoms with Gasteiger partial charge < -0.3 is 25.0 Å². The Morgan fingerprint density at radius 3 is 2.12 bits per heavy atom. The Hall–Kier alpha value is -4.51. The van der Waals surface area contributed by atoms with E-state index in [1.165, 1.54) is 0 Å². The van der Waals surface area contributed by atoms with Crippen molar-refractivity contribution in [1.82, 2.24) is 5.32 Å². The van der Waals surface area contributed by atoms with Gasteiger partial charge in [0.15, 0.2) is 21.5 Å². The molecule has 0 unspecified atom stereocenters. The van der Waals surface area contributed by atoms with E-state index in [9.17, 15) is 18.3 Å². The Kier molecular flexibility index (Phi) is 11.0. The van der Waals surface area contributed by atoms with Crippen molar-refractivity contribution in [3.05, 3.63) is 120 Å². The molecule has 9 nitrogen and oxygen atoms in total. The maximum atomic E-state index is 14.6. The lowest BCUT2D eigenvalue weighted by Gasteiger charge is -2.35. The zero-order chi connectivity index (χ0) is 35.0. The summed E-state index contributed by atoms with van der Waals surface area (Å²) in [5, 5.41) is 23.4. The number of rotatable bonds is 14. The predicted molar refractivity (Wildman–Crippen MR) is 193 cm³/mol. The number of carbonyl (C=O) groups excluding carboxylic acids is 1. The van der Waals surface area contributed by atoms with Gasteiger partial charge in [-0.2, -0.15) is 0 Å². The quantitative estimate of drug-likeness (QED) is 0.137. The van der Waals surface area contributed by atoms with Gasteiger partial charge in [0.2, 0.25) is 5.90 Å². The molecule has 3 N–H and O–H groups in total. The summed E-state index contributed by atoms with van der Waals surface area (Å²) >= 11 is 0. The molecule has 1 aliphatic heterocycles. The molecule has 0 spiro atoms. The molecule has 1 heterocycles. The second-order valence-electron chi connectivity index (χ2n) is 13.1. The van der Waals surface area contributed by atoms with E-state index in [0.29, 0.717) is 42.7 Å². The summed E-state index contributed by atoms with van der Waals surface area (Å²) in [6, 6.07) is 32.9. The summed E-state index contributed by atoms with van der Waals surface area (Å²) in [4.78, 5) is 19.8. The summed E-state index contributed by atoms with van der Waals surface area (Å²) in [7, 11) is -3.80. The number of amides is 1. The average molecular weight is 697 g/mol. The fraction of sp³-hybridized carbons (Fsp3) is 0.350. The van der Waals surface area contributed by atoms with Crippen molar-refractivity contribution in [1.29, 1.82) is 0 Å². The minimum atomic E-state index is -3.80. The fourth-order valence-electron chi connectivity index (χ4n) is 6.67. The molecule has 0 aromatic heterocycles. The first-order valence-corrected chi connectivity index (χ1v) is 18.9. The molecule has 10 heteroatoms. The van der Waals surface area contributed by atoms with E-state index in [0.717, 1.165) is 30.4 Å². The van der Waals surface area contributed by atoms with Gasteiger partial charge in [0.25, 0.3) is 5.91 Å². The fourth-order valence-corrected chi connectivity index (χ4v) is 8.06. The molecule has 262 valence electrons. The first kappa shape index (κ1) is 35.3. The highest BCUT2D eigenvalue weighted by Gasteiger charge is 2.54. The van der Waals surface area contributed by atoms with Gasteiger partial charge >= 0.3 is 0 Å². The number of ether oxygens (including phenoxy) is 2. The minimum Gasteiger partial charge on any atom is -0.494 e. The molecule has 1 fully saturated rings. The Morgan fingerprint density at radius 1 is 0.840 bits per heavy atom. The average Bonchev–Trinajstić information content (AvgIpc) is 3.55. The van der Waals surface area contributed by atoms with Crippen molar-refractivity contribution in [2.45, 2.75) is 67.1 Å². The van der Waals surface area contributed by atoms with Crippen molar-refractivity contribution in [3.63, 3.8) is 0 Å². The smallest absolute Gasteiger partial charge is 0.252 e. The number of nitrogens with one attached hydrogen (secondary N) is 1. The van der Waals surface area contributed by atoms with Crippen LogP contribution >= 0.6 is 0 Å². The Bertz CT molecular complexity index is 1860. The summed E-state index contributed by atoms with van der Waals surface area (Å²) in [5.74, 6) is -0.0542. The Morgan fingerprint density at radius 2 is 1.46 bits per heavy atom. The monoisotopic (exact) mass is 696 g/mol. The highest BCUT2D eigenvalue weighted by atomic mass is 32.2. The zero-order valence-electron chi connectivity index (χ0n) is 28.0. The second-order valence-corrected chi connectivity index (χ2v) is 15.2. The number of nitrogens with zero attached hydrogens (tertiary/aromatic N) is 1. The molecule has 0 radical (unpaired) electrons. The van der Waals surface area contributed by atoms with Crippen molar-refractivity contribution in [2.75, 3.05) is 25.5 Å². The largest absolute Gasteiger partial charge is 0.494 e. The van der Waals surface area contributed by atoms with Crippen LogP contribution in [0.3, 0.4) is 0 Å². The Balaban J connectivity index is 1.39. The summed E-state index contributed by atoms with van der Waals surface area (Å²) in [6.45, 7) is 0.418. The van der Waals surface area contributed by atoms with Crippen LogP contribution in [-0.4, -0.2) is 67.1 Å². The van der Waals surface area contributed by atoms with E-state index >= 15 is 0 Å². The van der Waals surface area contributed by atoms with Gasteiger partial charge in [-0.15, -0.1) is 0 Å². The zero-order valence-corrected chi connectivity index (χ0v) is 28.9. The van der Waals surface area contributed by atoms with Crippen molar-refractivity contribution in [2.24, 2.45) is 4.99 Å². The molecule has 4 aromatic rings. The molecule has 1 aliphatic carbocycles. The van der Waals surface area contributed by atoms with Crippen molar-refractivity contribution < 1.29 is 32.9 Å². The normalized spacial score (nSPS) is 20.0. The second kappa shape index (κ2) is 15.6. The van der Waals surface area contributed by atoms with E-state index in [1.807, 2.05) is 54.6 Å². The SMILES string of the molecule is O=C(NCC1(O)CCCCC1)[C@]1(CCS(=O)(=O)c2ccccc2)N=C(c2ccc(OCCCO)cc2)O[C@@H]1c1ccc(-c2ccccc2)cc1. The maximum Gasteiger partial charge on any atom is 0.252 e. The molecule has 1 saturated carbocycles. The lowest BCUT2D eigenvalue weighted by molar-refractivity contribution is -0.130. The van der Waals surface area contributed by atoms with Crippen LogP contribution in [0.15, 0.2) is 119 Å². The third kappa shape index (κ3) is 8.09. The van der Waals surface area contributed by atoms with Crippen LogP contribution in [0.4, 0.5) is 0 Å². The van der Waals surface area contributed by atoms with Crippen LogP contribution in [0.25, 0.3) is 11.1 Å². The van der Waals surface area contributed by atoms with Crippen LogP contribution in [0.5, 0.6) is 5.75 Å². The maximum absolute atomic E-state index is 14.6. The number of benzene rings is 4. The third-order valence-corrected chi connectivity index (χ3v) is 11.3. The van der Waals surface area contributed by atoms with Gasteiger partial charge in [-0.25, -0.2) is 13.4 Å². The number of carbonyl (C=O) groups is 1. The molecule has 50 heavy (non-hydrogen) atoms. The summed E-state index contributed by atoms with van der Waals surface area (Å²) in [6.07, 6.45) is 3.30. The van der Waals surface area contributed by atoms with E-state index in [1.54, 1.807) is 54.6 Å². The third-order valence-electron chi connectivity index (χ3n) is 9.57. The number of aliphatic hydroxyl groups is 2. The van der Waals surface area contributed by atoms with Crippen LogP contribution < -0.4 is 10.1 Å². The summed E-state index contributed by atoms with van der Waals surface area (Å²) < 4.78 is 39.6. The van der Waals surface area contributed by atoms with E-state index < -0.39 is 33.0 Å². The topological polar surface area (TPSA) is 135 Å². The molecule has 6 rings (SSSR count).